The zero-order valence-corrected chi connectivity index (χ0v) is 16.5. The van der Waals surface area contributed by atoms with Crippen LogP contribution in [0.4, 0.5) is 16.2 Å². The van der Waals surface area contributed by atoms with Gasteiger partial charge in [0.15, 0.2) is 0 Å². The summed E-state index contributed by atoms with van der Waals surface area (Å²) in [6.45, 7) is 0.525. The van der Waals surface area contributed by atoms with Gasteiger partial charge < -0.3 is 16.4 Å². The number of hydrogen-bond acceptors (Lipinski definition) is 6. The number of hydrogen-bond donors (Lipinski definition) is 3. The molecule has 1 aromatic heterocycles. The standard InChI is InChI=1S/C20H22ClFN6O/c21-16-9-12(1-6-17(16)22)7-8-25-20-26-11-14(10-23)19(28-20)27-15-4-2-13(3-5-15)18(24)29/h1,6,9,11,13,15H,2-5,7-8H2,(H2,24,29)(H2,25,26,27,28)/t13-,15+. The summed E-state index contributed by atoms with van der Waals surface area (Å²) in [5, 5.41) is 15.8. The Labute approximate surface area is 173 Å². The molecule has 0 spiro atoms. The fourth-order valence-electron chi connectivity index (χ4n) is 3.39. The van der Waals surface area contributed by atoms with Crippen LogP contribution >= 0.6 is 11.6 Å². The molecule has 0 atom stereocenters. The van der Waals surface area contributed by atoms with E-state index in [9.17, 15) is 14.4 Å². The van der Waals surface area contributed by atoms with Gasteiger partial charge >= 0.3 is 0 Å². The Hall–Kier alpha value is -2.92. The summed E-state index contributed by atoms with van der Waals surface area (Å²) in [5.74, 6) is 0.0884. The van der Waals surface area contributed by atoms with Crippen molar-refractivity contribution in [3.8, 4) is 6.07 Å². The number of carbonyl (C=O) groups is 1. The number of nitrogens with two attached hydrogens (primary N) is 1. The Morgan fingerprint density at radius 2 is 2.10 bits per heavy atom. The van der Waals surface area contributed by atoms with Crippen LogP contribution in [0.15, 0.2) is 24.4 Å². The van der Waals surface area contributed by atoms with E-state index in [1.54, 1.807) is 12.1 Å². The molecule has 7 nitrogen and oxygen atoms in total. The molecule has 1 fully saturated rings. The van der Waals surface area contributed by atoms with Gasteiger partial charge in [0.25, 0.3) is 0 Å². The molecule has 1 amide bonds. The number of anilines is 2. The minimum Gasteiger partial charge on any atom is -0.369 e. The normalized spacial score (nSPS) is 18.7. The van der Waals surface area contributed by atoms with Gasteiger partial charge in [0, 0.05) is 18.5 Å². The molecule has 0 radical (unpaired) electrons. The SMILES string of the molecule is N#Cc1cnc(NCCc2ccc(F)c(Cl)c2)nc1N[C@H]1CC[C@@H](C(N)=O)CC1. The van der Waals surface area contributed by atoms with E-state index in [-0.39, 0.29) is 22.9 Å². The molecule has 0 saturated heterocycles. The molecule has 29 heavy (non-hydrogen) atoms. The van der Waals surface area contributed by atoms with Gasteiger partial charge in [0.1, 0.15) is 23.3 Å². The van der Waals surface area contributed by atoms with Crippen LogP contribution < -0.4 is 16.4 Å². The Balaban J connectivity index is 1.59. The highest BCUT2D eigenvalue weighted by Gasteiger charge is 2.25. The van der Waals surface area contributed by atoms with Crippen molar-refractivity contribution in [3.63, 3.8) is 0 Å². The van der Waals surface area contributed by atoms with Crippen molar-refractivity contribution < 1.29 is 9.18 Å². The van der Waals surface area contributed by atoms with Gasteiger partial charge in [-0.3, -0.25) is 4.79 Å². The van der Waals surface area contributed by atoms with Gasteiger partial charge in [-0.2, -0.15) is 10.2 Å². The summed E-state index contributed by atoms with van der Waals surface area (Å²) in [4.78, 5) is 19.9. The molecule has 152 valence electrons. The van der Waals surface area contributed by atoms with Gasteiger partial charge in [0.2, 0.25) is 11.9 Å². The number of carbonyl (C=O) groups excluding carboxylic acids is 1. The molecule has 4 N–H and O–H groups in total. The number of amides is 1. The van der Waals surface area contributed by atoms with Crippen molar-refractivity contribution in [2.24, 2.45) is 11.7 Å². The first-order valence-electron chi connectivity index (χ1n) is 9.47. The maximum absolute atomic E-state index is 13.2. The maximum Gasteiger partial charge on any atom is 0.224 e. The second kappa shape index (κ2) is 9.52. The lowest BCUT2D eigenvalue weighted by Gasteiger charge is -2.28. The molecule has 0 bridgehead atoms. The topological polar surface area (TPSA) is 117 Å². The molecule has 1 saturated carbocycles. The molecule has 1 aromatic carbocycles. The van der Waals surface area contributed by atoms with Gasteiger partial charge in [-0.1, -0.05) is 17.7 Å². The highest BCUT2D eigenvalue weighted by molar-refractivity contribution is 6.30. The molecule has 0 aliphatic heterocycles. The fourth-order valence-corrected chi connectivity index (χ4v) is 3.59. The summed E-state index contributed by atoms with van der Waals surface area (Å²) in [6, 6.07) is 6.83. The van der Waals surface area contributed by atoms with E-state index in [2.05, 4.69) is 26.7 Å². The van der Waals surface area contributed by atoms with E-state index in [4.69, 9.17) is 17.3 Å². The predicted octanol–water partition coefficient (Wildman–Crippen LogP) is 3.25. The smallest absolute Gasteiger partial charge is 0.224 e. The van der Waals surface area contributed by atoms with E-state index < -0.39 is 5.82 Å². The Bertz CT molecular complexity index is 924. The average molecular weight is 417 g/mol. The molecule has 9 heteroatoms. The molecule has 1 aliphatic carbocycles. The number of nitrogens with zero attached hydrogens (tertiary/aromatic N) is 3. The van der Waals surface area contributed by atoms with Crippen LogP contribution in [0.2, 0.25) is 5.02 Å². The average Bonchev–Trinajstić information content (AvgIpc) is 2.71. The third-order valence-corrected chi connectivity index (χ3v) is 5.35. The summed E-state index contributed by atoms with van der Waals surface area (Å²) >= 11 is 5.80. The number of halogens is 2. The van der Waals surface area contributed by atoms with Gasteiger partial charge in [-0.25, -0.2) is 9.37 Å². The Morgan fingerprint density at radius 1 is 1.34 bits per heavy atom. The number of nitriles is 1. The molecule has 1 aliphatic rings. The number of aromatic nitrogens is 2. The Morgan fingerprint density at radius 3 is 2.76 bits per heavy atom. The second-order valence-corrected chi connectivity index (χ2v) is 7.50. The number of benzene rings is 1. The molecule has 2 aromatic rings. The second-order valence-electron chi connectivity index (χ2n) is 7.09. The first-order chi connectivity index (χ1) is 14.0. The van der Waals surface area contributed by atoms with E-state index in [0.29, 0.717) is 30.3 Å². The van der Waals surface area contributed by atoms with Crippen molar-refractivity contribution in [3.05, 3.63) is 46.4 Å². The quantitative estimate of drug-likeness (QED) is 0.637. The van der Waals surface area contributed by atoms with E-state index in [1.165, 1.54) is 12.3 Å². The zero-order chi connectivity index (χ0) is 20.8. The fraction of sp³-hybridized carbons (Fsp3) is 0.400. The van der Waals surface area contributed by atoms with Crippen LogP contribution in [-0.4, -0.2) is 28.5 Å². The molecular formula is C20H22ClFN6O. The molecule has 0 unspecified atom stereocenters. The first-order valence-corrected chi connectivity index (χ1v) is 9.85. The zero-order valence-electron chi connectivity index (χ0n) is 15.8. The Kier molecular flexibility index (Phi) is 6.83. The van der Waals surface area contributed by atoms with E-state index in [0.717, 1.165) is 31.2 Å². The van der Waals surface area contributed by atoms with Crippen LogP contribution in [-0.2, 0) is 11.2 Å². The lowest BCUT2D eigenvalue weighted by molar-refractivity contribution is -0.122. The maximum atomic E-state index is 13.2. The van der Waals surface area contributed by atoms with Crippen molar-refractivity contribution in [2.45, 2.75) is 38.1 Å². The highest BCUT2D eigenvalue weighted by Crippen LogP contribution is 2.27. The van der Waals surface area contributed by atoms with Crippen molar-refractivity contribution >= 4 is 29.3 Å². The van der Waals surface area contributed by atoms with Gasteiger partial charge in [0.05, 0.1) is 11.2 Å². The minimum absolute atomic E-state index is 0.0777. The summed E-state index contributed by atoms with van der Waals surface area (Å²) in [5.41, 5.74) is 6.63. The lowest BCUT2D eigenvalue weighted by atomic mass is 9.85. The van der Waals surface area contributed by atoms with Crippen molar-refractivity contribution in [1.82, 2.24) is 9.97 Å². The van der Waals surface area contributed by atoms with Crippen LogP contribution in [0, 0.1) is 23.1 Å². The van der Waals surface area contributed by atoms with Crippen LogP contribution in [0.25, 0.3) is 0 Å². The van der Waals surface area contributed by atoms with E-state index >= 15 is 0 Å². The third-order valence-electron chi connectivity index (χ3n) is 5.06. The number of rotatable bonds is 7. The van der Waals surface area contributed by atoms with Crippen LogP contribution in [0.3, 0.4) is 0 Å². The van der Waals surface area contributed by atoms with Gasteiger partial charge in [-0.05, 0) is 49.8 Å². The van der Waals surface area contributed by atoms with Crippen LogP contribution in [0.5, 0.6) is 0 Å². The highest BCUT2D eigenvalue weighted by atomic mass is 35.5. The largest absolute Gasteiger partial charge is 0.369 e. The monoisotopic (exact) mass is 416 g/mol. The van der Waals surface area contributed by atoms with Gasteiger partial charge in [-0.15, -0.1) is 0 Å². The molecular weight excluding hydrogens is 395 g/mol. The third kappa shape index (κ3) is 5.55. The van der Waals surface area contributed by atoms with Crippen molar-refractivity contribution in [2.75, 3.05) is 17.2 Å². The van der Waals surface area contributed by atoms with E-state index in [1.807, 2.05) is 0 Å². The summed E-state index contributed by atoms with van der Waals surface area (Å²) < 4.78 is 13.2. The summed E-state index contributed by atoms with van der Waals surface area (Å²) in [7, 11) is 0. The lowest BCUT2D eigenvalue weighted by Crippen LogP contribution is -2.32. The number of nitrogens with one attached hydrogen (secondary N) is 2. The molecule has 3 rings (SSSR count). The minimum atomic E-state index is -0.445. The predicted molar refractivity (Wildman–Crippen MR) is 109 cm³/mol. The van der Waals surface area contributed by atoms with Crippen LogP contribution in [0.1, 0.15) is 36.8 Å². The number of primary amides is 1. The van der Waals surface area contributed by atoms with Crippen molar-refractivity contribution in [1.29, 1.82) is 5.26 Å². The molecule has 1 heterocycles. The first kappa shape index (κ1) is 20.8. The summed E-state index contributed by atoms with van der Waals surface area (Å²) in [6.07, 6.45) is 5.12.